The van der Waals surface area contributed by atoms with Crippen LogP contribution in [0.25, 0.3) is 6.08 Å². The molecule has 0 saturated carbocycles. The minimum atomic E-state index is -0.532. The number of cyclic esters (lactones) is 1. The molecule has 0 N–H and O–H groups in total. The highest BCUT2D eigenvalue weighted by Crippen LogP contribution is 2.30. The number of ether oxygens (including phenoxy) is 3. The standard InChI is InChI=1S/C20H16BrNO5/c1-3-25-18-11-13(4-9-17(18)26-12(2)23)10-16-20(24)27-19(22-16)14-5-7-15(21)8-6-14/h4-11H,3H2,1-2H3. The normalized spacial score (nSPS) is 14.7. The molecule has 7 heteroatoms. The molecule has 0 radical (unpaired) electrons. The van der Waals surface area contributed by atoms with E-state index in [-0.39, 0.29) is 11.6 Å². The van der Waals surface area contributed by atoms with Gasteiger partial charge in [-0.1, -0.05) is 22.0 Å². The van der Waals surface area contributed by atoms with Crippen molar-refractivity contribution in [3.05, 3.63) is 63.8 Å². The Bertz CT molecular complexity index is 947. The Kier molecular flexibility index (Phi) is 5.71. The zero-order valence-electron chi connectivity index (χ0n) is 14.7. The molecule has 0 bridgehead atoms. The van der Waals surface area contributed by atoms with E-state index in [2.05, 4.69) is 20.9 Å². The van der Waals surface area contributed by atoms with Gasteiger partial charge in [0.1, 0.15) is 0 Å². The predicted octanol–water partition coefficient (Wildman–Crippen LogP) is 4.12. The van der Waals surface area contributed by atoms with Crippen LogP contribution in [0.1, 0.15) is 25.0 Å². The van der Waals surface area contributed by atoms with E-state index >= 15 is 0 Å². The first-order chi connectivity index (χ1) is 13.0. The lowest BCUT2D eigenvalue weighted by atomic mass is 10.1. The van der Waals surface area contributed by atoms with Crippen LogP contribution in [0.3, 0.4) is 0 Å². The third-order valence-corrected chi connectivity index (χ3v) is 4.07. The molecule has 0 atom stereocenters. The van der Waals surface area contributed by atoms with Gasteiger partial charge in [-0.2, -0.15) is 0 Å². The fraction of sp³-hybridized carbons (Fsp3) is 0.150. The van der Waals surface area contributed by atoms with E-state index < -0.39 is 11.9 Å². The molecule has 27 heavy (non-hydrogen) atoms. The molecule has 1 aliphatic heterocycles. The van der Waals surface area contributed by atoms with Gasteiger partial charge >= 0.3 is 11.9 Å². The van der Waals surface area contributed by atoms with Crippen molar-refractivity contribution in [3.63, 3.8) is 0 Å². The highest BCUT2D eigenvalue weighted by atomic mass is 79.9. The molecule has 6 nitrogen and oxygen atoms in total. The molecule has 0 saturated heterocycles. The molecule has 0 unspecified atom stereocenters. The average molecular weight is 430 g/mol. The second-order valence-electron chi connectivity index (χ2n) is 5.58. The fourth-order valence-corrected chi connectivity index (χ4v) is 2.67. The van der Waals surface area contributed by atoms with Crippen LogP contribution in [-0.4, -0.2) is 24.4 Å². The molecule has 0 aliphatic carbocycles. The molecule has 2 aromatic carbocycles. The van der Waals surface area contributed by atoms with Gasteiger partial charge in [-0.05, 0) is 55.0 Å². The first-order valence-electron chi connectivity index (χ1n) is 8.20. The minimum Gasteiger partial charge on any atom is -0.490 e. The molecule has 0 spiro atoms. The molecule has 0 amide bonds. The largest absolute Gasteiger partial charge is 0.490 e. The summed E-state index contributed by atoms with van der Waals surface area (Å²) in [5.41, 5.74) is 1.55. The Labute approximate surface area is 164 Å². The van der Waals surface area contributed by atoms with E-state index in [4.69, 9.17) is 14.2 Å². The van der Waals surface area contributed by atoms with Gasteiger partial charge in [-0.25, -0.2) is 9.79 Å². The maximum Gasteiger partial charge on any atom is 0.363 e. The molecule has 2 aromatic rings. The summed E-state index contributed by atoms with van der Waals surface area (Å²) in [6.07, 6.45) is 1.59. The van der Waals surface area contributed by atoms with Crippen LogP contribution in [0.5, 0.6) is 11.5 Å². The number of aliphatic imine (C=N–C) groups is 1. The summed E-state index contributed by atoms with van der Waals surface area (Å²) in [5.74, 6) is 0.00509. The summed E-state index contributed by atoms with van der Waals surface area (Å²) in [5, 5.41) is 0. The van der Waals surface area contributed by atoms with E-state index in [1.54, 1.807) is 36.4 Å². The van der Waals surface area contributed by atoms with Gasteiger partial charge in [0.15, 0.2) is 17.2 Å². The zero-order chi connectivity index (χ0) is 19.4. The summed E-state index contributed by atoms with van der Waals surface area (Å²) in [7, 11) is 0. The maximum atomic E-state index is 12.1. The third kappa shape index (κ3) is 4.62. The number of hydrogen-bond acceptors (Lipinski definition) is 6. The van der Waals surface area contributed by atoms with Gasteiger partial charge in [0.05, 0.1) is 6.61 Å². The second-order valence-corrected chi connectivity index (χ2v) is 6.49. The lowest BCUT2D eigenvalue weighted by Gasteiger charge is -2.10. The van der Waals surface area contributed by atoms with Crippen molar-refractivity contribution < 1.29 is 23.8 Å². The Morgan fingerprint density at radius 3 is 2.59 bits per heavy atom. The summed E-state index contributed by atoms with van der Waals surface area (Å²) >= 11 is 3.36. The molecule has 3 rings (SSSR count). The van der Waals surface area contributed by atoms with Crippen LogP contribution in [0.4, 0.5) is 0 Å². The van der Waals surface area contributed by atoms with Crippen LogP contribution >= 0.6 is 15.9 Å². The number of nitrogens with zero attached hydrogens (tertiary/aromatic N) is 1. The van der Waals surface area contributed by atoms with E-state index in [0.29, 0.717) is 29.2 Å². The highest BCUT2D eigenvalue weighted by Gasteiger charge is 2.24. The molecule has 1 heterocycles. The van der Waals surface area contributed by atoms with Crippen molar-refractivity contribution in [1.82, 2.24) is 0 Å². The number of benzene rings is 2. The Morgan fingerprint density at radius 1 is 1.19 bits per heavy atom. The first kappa shape index (κ1) is 18.8. The highest BCUT2D eigenvalue weighted by molar-refractivity contribution is 9.10. The van der Waals surface area contributed by atoms with Crippen molar-refractivity contribution in [2.24, 2.45) is 4.99 Å². The van der Waals surface area contributed by atoms with Crippen LogP contribution in [0.2, 0.25) is 0 Å². The van der Waals surface area contributed by atoms with Crippen molar-refractivity contribution in [1.29, 1.82) is 0 Å². The quantitative estimate of drug-likeness (QED) is 0.406. The maximum absolute atomic E-state index is 12.1. The molecule has 0 aromatic heterocycles. The minimum absolute atomic E-state index is 0.176. The summed E-state index contributed by atoms with van der Waals surface area (Å²) < 4.78 is 16.8. The zero-order valence-corrected chi connectivity index (χ0v) is 16.3. The second kappa shape index (κ2) is 8.18. The van der Waals surface area contributed by atoms with Gasteiger partial charge in [0.25, 0.3) is 0 Å². The number of carbonyl (C=O) groups is 2. The molecular formula is C20H16BrNO5. The van der Waals surface area contributed by atoms with Gasteiger partial charge in [0, 0.05) is 17.0 Å². The van der Waals surface area contributed by atoms with E-state index in [0.717, 1.165) is 4.47 Å². The average Bonchev–Trinajstić information content (AvgIpc) is 2.98. The first-order valence-corrected chi connectivity index (χ1v) is 8.99. The predicted molar refractivity (Wildman–Crippen MR) is 104 cm³/mol. The van der Waals surface area contributed by atoms with Crippen LogP contribution in [0, 0.1) is 0 Å². The number of carbonyl (C=O) groups excluding carboxylic acids is 2. The van der Waals surface area contributed by atoms with Gasteiger partial charge in [-0.15, -0.1) is 0 Å². The number of esters is 2. The van der Waals surface area contributed by atoms with Crippen molar-refractivity contribution in [2.75, 3.05) is 6.61 Å². The van der Waals surface area contributed by atoms with E-state index in [1.165, 1.54) is 6.92 Å². The van der Waals surface area contributed by atoms with Crippen molar-refractivity contribution >= 4 is 39.8 Å². The number of hydrogen-bond donors (Lipinski definition) is 0. The number of rotatable bonds is 5. The van der Waals surface area contributed by atoms with Gasteiger partial charge < -0.3 is 14.2 Å². The van der Waals surface area contributed by atoms with Crippen LogP contribution < -0.4 is 9.47 Å². The Balaban J connectivity index is 1.91. The molecular weight excluding hydrogens is 414 g/mol. The Morgan fingerprint density at radius 2 is 1.93 bits per heavy atom. The SMILES string of the molecule is CCOc1cc(C=C2N=C(c3ccc(Br)cc3)OC2=O)ccc1OC(C)=O. The van der Waals surface area contributed by atoms with Gasteiger partial charge in [0.2, 0.25) is 5.90 Å². The van der Waals surface area contributed by atoms with Gasteiger partial charge in [-0.3, -0.25) is 4.79 Å². The smallest absolute Gasteiger partial charge is 0.363 e. The molecule has 1 aliphatic rings. The fourth-order valence-electron chi connectivity index (χ4n) is 2.40. The topological polar surface area (TPSA) is 74.2 Å². The third-order valence-electron chi connectivity index (χ3n) is 3.54. The molecule has 0 fully saturated rings. The van der Waals surface area contributed by atoms with Crippen molar-refractivity contribution in [2.45, 2.75) is 13.8 Å². The van der Waals surface area contributed by atoms with Crippen LogP contribution in [0.15, 0.2) is 57.6 Å². The molecule has 138 valence electrons. The lowest BCUT2D eigenvalue weighted by molar-refractivity contribution is -0.132. The monoisotopic (exact) mass is 429 g/mol. The van der Waals surface area contributed by atoms with Crippen molar-refractivity contribution in [3.8, 4) is 11.5 Å². The lowest BCUT2D eigenvalue weighted by Crippen LogP contribution is -2.05. The Hall–Kier alpha value is -2.93. The van der Waals surface area contributed by atoms with E-state index in [9.17, 15) is 9.59 Å². The van der Waals surface area contributed by atoms with Crippen LogP contribution in [-0.2, 0) is 14.3 Å². The summed E-state index contributed by atoms with van der Waals surface area (Å²) in [4.78, 5) is 27.6. The number of halogens is 1. The summed E-state index contributed by atoms with van der Waals surface area (Å²) in [6.45, 7) is 3.55. The van der Waals surface area contributed by atoms with E-state index in [1.807, 2.05) is 19.1 Å². The summed E-state index contributed by atoms with van der Waals surface area (Å²) in [6, 6.07) is 12.3.